The van der Waals surface area contributed by atoms with Gasteiger partial charge in [-0.15, -0.1) is 0 Å². The van der Waals surface area contributed by atoms with Gasteiger partial charge < -0.3 is 10.2 Å². The third kappa shape index (κ3) is 3.17. The van der Waals surface area contributed by atoms with Crippen LogP contribution in [-0.4, -0.2) is 35.3 Å². The maximum atomic E-state index is 13.2. The van der Waals surface area contributed by atoms with Crippen LogP contribution in [0.25, 0.3) is 0 Å². The van der Waals surface area contributed by atoms with Gasteiger partial charge in [-0.2, -0.15) is 0 Å². The SMILES string of the molecule is CC(C)c1ccc(C2NC(=O)N(C)C3=C2C(=O)N(Cc2ccccc2)C3)cc1. The lowest BCUT2D eigenvalue weighted by atomic mass is 9.93. The van der Waals surface area contributed by atoms with Crippen LogP contribution in [0.5, 0.6) is 0 Å². The molecule has 2 heterocycles. The number of hydrogen-bond donors (Lipinski definition) is 1. The Morgan fingerprint density at radius 1 is 1.04 bits per heavy atom. The number of benzene rings is 2. The second kappa shape index (κ2) is 7.15. The van der Waals surface area contributed by atoms with Crippen LogP contribution in [0, 0.1) is 0 Å². The largest absolute Gasteiger partial charge is 0.329 e. The van der Waals surface area contributed by atoms with Crippen LogP contribution in [-0.2, 0) is 11.3 Å². The van der Waals surface area contributed by atoms with Crippen LogP contribution in [0.3, 0.4) is 0 Å². The molecule has 2 aromatic rings. The molecule has 0 saturated carbocycles. The van der Waals surface area contributed by atoms with E-state index in [0.29, 0.717) is 24.6 Å². The minimum Gasteiger partial charge on any atom is -0.329 e. The van der Waals surface area contributed by atoms with Gasteiger partial charge in [-0.05, 0) is 22.6 Å². The predicted octanol–water partition coefficient (Wildman–Crippen LogP) is 3.80. The van der Waals surface area contributed by atoms with Crippen molar-refractivity contribution in [2.45, 2.75) is 32.4 Å². The average Bonchev–Trinajstić information content (AvgIpc) is 3.02. The summed E-state index contributed by atoms with van der Waals surface area (Å²) in [4.78, 5) is 29.1. The summed E-state index contributed by atoms with van der Waals surface area (Å²) >= 11 is 0. The lowest BCUT2D eigenvalue weighted by Gasteiger charge is -2.31. The van der Waals surface area contributed by atoms with E-state index in [1.165, 1.54) is 5.56 Å². The summed E-state index contributed by atoms with van der Waals surface area (Å²) in [7, 11) is 1.72. The maximum Gasteiger partial charge on any atom is 0.322 e. The highest BCUT2D eigenvalue weighted by atomic mass is 16.2. The Bertz CT molecular complexity index is 932. The standard InChI is InChI=1S/C23H25N3O2/c1-15(2)17-9-11-18(12-10-17)21-20-19(25(3)23(28)24-21)14-26(22(20)27)13-16-7-5-4-6-8-16/h4-12,15,21H,13-14H2,1-3H3,(H,24,28). The number of hydrogen-bond acceptors (Lipinski definition) is 2. The Balaban J connectivity index is 1.65. The first-order chi connectivity index (χ1) is 13.5. The van der Waals surface area contributed by atoms with Gasteiger partial charge in [-0.25, -0.2) is 4.79 Å². The Morgan fingerprint density at radius 3 is 2.36 bits per heavy atom. The number of rotatable bonds is 4. The summed E-state index contributed by atoms with van der Waals surface area (Å²) in [5, 5.41) is 3.00. The quantitative estimate of drug-likeness (QED) is 0.884. The highest BCUT2D eigenvalue weighted by Gasteiger charge is 2.42. The molecule has 1 N–H and O–H groups in total. The molecule has 0 spiro atoms. The molecule has 0 bridgehead atoms. The molecule has 0 aliphatic carbocycles. The van der Waals surface area contributed by atoms with Crippen LogP contribution in [0.1, 0.15) is 42.5 Å². The topological polar surface area (TPSA) is 52.7 Å². The predicted molar refractivity (Wildman–Crippen MR) is 108 cm³/mol. The highest BCUT2D eigenvalue weighted by molar-refractivity contribution is 6.01. The molecule has 4 rings (SSSR count). The summed E-state index contributed by atoms with van der Waals surface area (Å²) in [6.07, 6.45) is 0. The zero-order valence-electron chi connectivity index (χ0n) is 16.5. The molecule has 1 unspecified atom stereocenters. The third-order valence-corrected chi connectivity index (χ3v) is 5.59. The number of carbonyl (C=O) groups excluding carboxylic acids is 2. The van der Waals surface area contributed by atoms with Crippen molar-refractivity contribution in [2.75, 3.05) is 13.6 Å². The number of likely N-dealkylation sites (N-methyl/N-ethyl adjacent to an activating group) is 1. The smallest absolute Gasteiger partial charge is 0.322 e. The zero-order valence-corrected chi connectivity index (χ0v) is 16.5. The Kier molecular flexibility index (Phi) is 4.67. The van der Waals surface area contributed by atoms with E-state index in [1.54, 1.807) is 11.9 Å². The van der Waals surface area contributed by atoms with E-state index in [-0.39, 0.29) is 11.9 Å². The zero-order chi connectivity index (χ0) is 19.8. The molecule has 0 radical (unpaired) electrons. The third-order valence-electron chi connectivity index (χ3n) is 5.59. The molecule has 5 heteroatoms. The van der Waals surface area contributed by atoms with E-state index >= 15 is 0 Å². The van der Waals surface area contributed by atoms with Crippen LogP contribution >= 0.6 is 0 Å². The first kappa shape index (κ1) is 18.3. The number of amides is 3. The van der Waals surface area contributed by atoms with Crippen LogP contribution < -0.4 is 5.32 Å². The Hall–Kier alpha value is -3.08. The van der Waals surface area contributed by atoms with E-state index in [2.05, 4.69) is 31.3 Å². The van der Waals surface area contributed by atoms with Crippen molar-refractivity contribution in [3.63, 3.8) is 0 Å². The summed E-state index contributed by atoms with van der Waals surface area (Å²) in [5.41, 5.74) is 4.72. The average molecular weight is 375 g/mol. The van der Waals surface area contributed by atoms with Gasteiger partial charge in [-0.3, -0.25) is 9.69 Å². The summed E-state index contributed by atoms with van der Waals surface area (Å²) in [5.74, 6) is 0.425. The van der Waals surface area contributed by atoms with Crippen molar-refractivity contribution < 1.29 is 9.59 Å². The fourth-order valence-corrected chi connectivity index (χ4v) is 3.88. The minimum absolute atomic E-state index is 0.0105. The van der Waals surface area contributed by atoms with Crippen molar-refractivity contribution >= 4 is 11.9 Å². The van der Waals surface area contributed by atoms with Gasteiger partial charge in [0.2, 0.25) is 0 Å². The van der Waals surface area contributed by atoms with Gasteiger partial charge >= 0.3 is 6.03 Å². The second-order valence-corrected chi connectivity index (χ2v) is 7.77. The minimum atomic E-state index is -0.409. The van der Waals surface area contributed by atoms with Gasteiger partial charge in [0, 0.05) is 13.6 Å². The fourth-order valence-electron chi connectivity index (χ4n) is 3.88. The van der Waals surface area contributed by atoms with Gasteiger partial charge in [0.15, 0.2) is 0 Å². The summed E-state index contributed by atoms with van der Waals surface area (Å²) < 4.78 is 0. The van der Waals surface area contributed by atoms with Gasteiger partial charge in [0.05, 0.1) is 23.9 Å². The highest BCUT2D eigenvalue weighted by Crippen LogP contribution is 2.36. The first-order valence-electron chi connectivity index (χ1n) is 9.66. The lowest BCUT2D eigenvalue weighted by molar-refractivity contribution is -0.126. The van der Waals surface area contributed by atoms with Crippen molar-refractivity contribution in [3.05, 3.63) is 82.6 Å². The molecule has 0 saturated heterocycles. The van der Waals surface area contributed by atoms with Gasteiger partial charge in [-0.1, -0.05) is 68.4 Å². The Labute approximate surface area is 165 Å². The fraction of sp³-hybridized carbons (Fsp3) is 0.304. The maximum absolute atomic E-state index is 13.2. The van der Waals surface area contributed by atoms with E-state index in [0.717, 1.165) is 16.8 Å². The molecule has 0 aromatic heterocycles. The lowest BCUT2D eigenvalue weighted by Crippen LogP contribution is -2.45. The molecular weight excluding hydrogens is 350 g/mol. The monoisotopic (exact) mass is 375 g/mol. The van der Waals surface area contributed by atoms with Crippen molar-refractivity contribution in [2.24, 2.45) is 0 Å². The number of nitrogens with one attached hydrogen (secondary N) is 1. The number of urea groups is 1. The first-order valence-corrected chi connectivity index (χ1v) is 9.66. The molecule has 0 fully saturated rings. The molecule has 1 atom stereocenters. The van der Waals surface area contributed by atoms with Crippen LogP contribution in [0.15, 0.2) is 65.9 Å². The Morgan fingerprint density at radius 2 is 1.71 bits per heavy atom. The van der Waals surface area contributed by atoms with Crippen LogP contribution in [0.4, 0.5) is 4.79 Å². The van der Waals surface area contributed by atoms with E-state index in [9.17, 15) is 9.59 Å². The van der Waals surface area contributed by atoms with E-state index in [1.807, 2.05) is 47.4 Å². The molecule has 2 aliphatic rings. The normalized spacial score (nSPS) is 19.4. The van der Waals surface area contributed by atoms with Crippen molar-refractivity contribution in [1.82, 2.24) is 15.1 Å². The number of carbonyl (C=O) groups is 2. The second-order valence-electron chi connectivity index (χ2n) is 7.77. The molecule has 28 heavy (non-hydrogen) atoms. The molecule has 5 nitrogen and oxygen atoms in total. The summed E-state index contributed by atoms with van der Waals surface area (Å²) in [6.45, 7) is 5.28. The van der Waals surface area contributed by atoms with Gasteiger partial charge in [0.1, 0.15) is 0 Å². The van der Waals surface area contributed by atoms with Crippen molar-refractivity contribution in [3.8, 4) is 0 Å². The molecule has 144 valence electrons. The molecular formula is C23H25N3O2. The molecule has 2 aromatic carbocycles. The number of nitrogens with zero attached hydrogens (tertiary/aromatic N) is 2. The summed E-state index contributed by atoms with van der Waals surface area (Å²) in [6, 6.07) is 17.5. The molecule has 3 amide bonds. The van der Waals surface area contributed by atoms with Gasteiger partial charge in [0.25, 0.3) is 5.91 Å². The van der Waals surface area contributed by atoms with Crippen LogP contribution in [0.2, 0.25) is 0 Å². The van der Waals surface area contributed by atoms with E-state index < -0.39 is 6.04 Å². The van der Waals surface area contributed by atoms with E-state index in [4.69, 9.17) is 0 Å². The van der Waals surface area contributed by atoms with Crippen molar-refractivity contribution in [1.29, 1.82) is 0 Å². The molecule has 2 aliphatic heterocycles.